The third-order valence-electron chi connectivity index (χ3n) is 2.62. The fourth-order valence-electron chi connectivity index (χ4n) is 1.69. The van der Waals surface area contributed by atoms with Crippen molar-refractivity contribution < 1.29 is 0 Å². The van der Waals surface area contributed by atoms with Crippen LogP contribution in [0.25, 0.3) is 0 Å². The maximum Gasteiger partial charge on any atom is 0.140 e. The Hall–Kier alpha value is -1.16. The zero-order chi connectivity index (χ0) is 9.80. The lowest BCUT2D eigenvalue weighted by Gasteiger charge is -2.18. The van der Waals surface area contributed by atoms with Gasteiger partial charge in [0.1, 0.15) is 12.2 Å². The molecule has 0 bridgehead atoms. The Bertz CT molecular complexity index is 316. The quantitative estimate of drug-likeness (QED) is 0.727. The highest BCUT2D eigenvalue weighted by molar-refractivity contribution is 4.94. The van der Waals surface area contributed by atoms with Crippen LogP contribution in [0.5, 0.6) is 0 Å². The Kier molecular flexibility index (Phi) is 2.93. The third-order valence-corrected chi connectivity index (χ3v) is 2.62. The van der Waals surface area contributed by atoms with Gasteiger partial charge in [0.05, 0.1) is 6.54 Å². The van der Waals surface area contributed by atoms with E-state index in [0.717, 1.165) is 18.8 Å². The first kappa shape index (κ1) is 9.40. The van der Waals surface area contributed by atoms with E-state index in [-0.39, 0.29) is 0 Å². The van der Waals surface area contributed by atoms with Crippen molar-refractivity contribution in [3.05, 3.63) is 24.3 Å². The monoisotopic (exact) mass is 192 g/mol. The van der Waals surface area contributed by atoms with Gasteiger partial charge in [-0.1, -0.05) is 12.2 Å². The van der Waals surface area contributed by atoms with E-state index in [1.807, 2.05) is 11.7 Å². The van der Waals surface area contributed by atoms with E-state index in [0.29, 0.717) is 6.04 Å². The molecule has 14 heavy (non-hydrogen) atoms. The second-order valence-electron chi connectivity index (χ2n) is 3.66. The summed E-state index contributed by atoms with van der Waals surface area (Å²) in [6.07, 6.45) is 9.65. The van der Waals surface area contributed by atoms with E-state index in [1.54, 1.807) is 6.33 Å². The fourth-order valence-corrected chi connectivity index (χ4v) is 1.69. The van der Waals surface area contributed by atoms with Crippen molar-refractivity contribution in [2.24, 2.45) is 7.05 Å². The molecule has 1 N–H and O–H groups in total. The van der Waals surface area contributed by atoms with Crippen LogP contribution >= 0.6 is 0 Å². The van der Waals surface area contributed by atoms with Gasteiger partial charge in [0.15, 0.2) is 0 Å². The number of nitrogens with one attached hydrogen (secondary N) is 1. The Morgan fingerprint density at radius 1 is 1.57 bits per heavy atom. The zero-order valence-corrected chi connectivity index (χ0v) is 8.48. The maximum absolute atomic E-state index is 4.17. The molecule has 1 heterocycles. The van der Waals surface area contributed by atoms with Crippen LogP contribution in [0.15, 0.2) is 18.5 Å². The first-order valence-electron chi connectivity index (χ1n) is 5.07. The van der Waals surface area contributed by atoms with Gasteiger partial charge < -0.3 is 5.32 Å². The first-order chi connectivity index (χ1) is 6.86. The molecule has 1 aliphatic carbocycles. The molecule has 0 saturated heterocycles. The summed E-state index contributed by atoms with van der Waals surface area (Å²) in [4.78, 5) is 4.17. The normalized spacial score (nSPS) is 21.4. The van der Waals surface area contributed by atoms with E-state index in [4.69, 9.17) is 0 Å². The van der Waals surface area contributed by atoms with Crippen LogP contribution in [0.3, 0.4) is 0 Å². The van der Waals surface area contributed by atoms with E-state index in [9.17, 15) is 0 Å². The summed E-state index contributed by atoms with van der Waals surface area (Å²) in [7, 11) is 1.92. The average Bonchev–Trinajstić information content (AvgIpc) is 2.63. The van der Waals surface area contributed by atoms with Crippen molar-refractivity contribution in [3.63, 3.8) is 0 Å². The largest absolute Gasteiger partial charge is 0.307 e. The molecule has 0 saturated carbocycles. The number of hydrogen-bond acceptors (Lipinski definition) is 3. The minimum atomic E-state index is 0.608. The Balaban J connectivity index is 1.82. The maximum atomic E-state index is 4.17. The highest BCUT2D eigenvalue weighted by Gasteiger charge is 2.09. The molecule has 1 aromatic rings. The lowest BCUT2D eigenvalue weighted by Crippen LogP contribution is -2.30. The number of rotatable bonds is 3. The van der Waals surface area contributed by atoms with Crippen LogP contribution in [0.4, 0.5) is 0 Å². The molecule has 1 unspecified atom stereocenters. The lowest BCUT2D eigenvalue weighted by atomic mass is 10.0. The van der Waals surface area contributed by atoms with Crippen molar-refractivity contribution in [1.82, 2.24) is 20.1 Å². The third kappa shape index (κ3) is 2.20. The summed E-state index contributed by atoms with van der Waals surface area (Å²) in [6.45, 7) is 0.814. The summed E-state index contributed by atoms with van der Waals surface area (Å²) in [5, 5.41) is 7.52. The van der Waals surface area contributed by atoms with Gasteiger partial charge in [0, 0.05) is 13.1 Å². The second-order valence-corrected chi connectivity index (χ2v) is 3.66. The summed E-state index contributed by atoms with van der Waals surface area (Å²) in [6, 6.07) is 0.608. The van der Waals surface area contributed by atoms with Crippen molar-refractivity contribution in [2.75, 3.05) is 0 Å². The molecule has 0 fully saturated rings. The molecule has 2 rings (SSSR count). The Morgan fingerprint density at radius 2 is 2.50 bits per heavy atom. The van der Waals surface area contributed by atoms with E-state index >= 15 is 0 Å². The predicted octanol–water partition coefficient (Wildman–Crippen LogP) is 1.01. The molecule has 4 heteroatoms. The summed E-state index contributed by atoms with van der Waals surface area (Å²) < 4.78 is 1.81. The molecular formula is C10H16N4. The highest BCUT2D eigenvalue weighted by Crippen LogP contribution is 2.10. The number of aryl methyl sites for hydroxylation is 1. The van der Waals surface area contributed by atoms with Gasteiger partial charge in [-0.15, -0.1) is 0 Å². The van der Waals surface area contributed by atoms with Crippen LogP contribution < -0.4 is 5.32 Å². The van der Waals surface area contributed by atoms with Gasteiger partial charge in [-0.3, -0.25) is 4.68 Å². The molecule has 1 atom stereocenters. The van der Waals surface area contributed by atoms with Gasteiger partial charge >= 0.3 is 0 Å². The predicted molar refractivity (Wildman–Crippen MR) is 54.6 cm³/mol. The standard InChI is InChI=1S/C10H16N4/c1-14-10(12-8-13-14)7-11-9-5-3-2-4-6-9/h2-3,8-9,11H,4-7H2,1H3. The molecule has 0 amide bonds. The molecular weight excluding hydrogens is 176 g/mol. The van der Waals surface area contributed by atoms with Crippen LogP contribution in [0.2, 0.25) is 0 Å². The van der Waals surface area contributed by atoms with Gasteiger partial charge in [-0.2, -0.15) is 5.10 Å². The minimum Gasteiger partial charge on any atom is -0.307 e. The fraction of sp³-hybridized carbons (Fsp3) is 0.600. The first-order valence-corrected chi connectivity index (χ1v) is 5.07. The number of hydrogen-bond donors (Lipinski definition) is 1. The van der Waals surface area contributed by atoms with Crippen molar-refractivity contribution >= 4 is 0 Å². The smallest absolute Gasteiger partial charge is 0.140 e. The van der Waals surface area contributed by atoms with Crippen LogP contribution in [0, 0.1) is 0 Å². The topological polar surface area (TPSA) is 42.7 Å². The SMILES string of the molecule is Cn1ncnc1CNC1CC=CCC1. The van der Waals surface area contributed by atoms with Crippen molar-refractivity contribution in [3.8, 4) is 0 Å². The molecule has 1 aromatic heterocycles. The van der Waals surface area contributed by atoms with Crippen LogP contribution in [-0.2, 0) is 13.6 Å². The number of aromatic nitrogens is 3. The molecule has 76 valence electrons. The number of nitrogens with zero attached hydrogens (tertiary/aromatic N) is 3. The van der Waals surface area contributed by atoms with E-state index < -0.39 is 0 Å². The highest BCUT2D eigenvalue weighted by atomic mass is 15.3. The second kappa shape index (κ2) is 4.37. The van der Waals surface area contributed by atoms with Crippen molar-refractivity contribution in [1.29, 1.82) is 0 Å². The summed E-state index contributed by atoms with van der Waals surface area (Å²) in [5.41, 5.74) is 0. The van der Waals surface area contributed by atoms with Crippen LogP contribution in [0.1, 0.15) is 25.1 Å². The van der Waals surface area contributed by atoms with E-state index in [1.165, 1.54) is 12.8 Å². The summed E-state index contributed by atoms with van der Waals surface area (Å²) in [5.74, 6) is 1.000. The van der Waals surface area contributed by atoms with E-state index in [2.05, 4.69) is 27.6 Å². The molecule has 4 nitrogen and oxygen atoms in total. The average molecular weight is 192 g/mol. The molecule has 0 aromatic carbocycles. The molecule has 1 aliphatic rings. The Labute approximate surface area is 84.0 Å². The summed E-state index contributed by atoms with van der Waals surface area (Å²) >= 11 is 0. The molecule has 0 aliphatic heterocycles. The van der Waals surface area contributed by atoms with Crippen LogP contribution in [-0.4, -0.2) is 20.8 Å². The van der Waals surface area contributed by atoms with Gasteiger partial charge in [-0.05, 0) is 19.3 Å². The van der Waals surface area contributed by atoms with Gasteiger partial charge in [-0.25, -0.2) is 4.98 Å². The minimum absolute atomic E-state index is 0.608. The lowest BCUT2D eigenvalue weighted by molar-refractivity contribution is 0.460. The van der Waals surface area contributed by atoms with Gasteiger partial charge in [0.2, 0.25) is 0 Å². The van der Waals surface area contributed by atoms with Crippen molar-refractivity contribution in [2.45, 2.75) is 31.8 Å². The molecule has 0 spiro atoms. The Morgan fingerprint density at radius 3 is 3.14 bits per heavy atom. The van der Waals surface area contributed by atoms with Gasteiger partial charge in [0.25, 0.3) is 0 Å². The zero-order valence-electron chi connectivity index (χ0n) is 8.48. The number of allylic oxidation sites excluding steroid dienone is 1. The molecule has 0 radical (unpaired) electrons.